The molecule has 1 N–H and O–H groups in total. The standard InChI is InChI=1S/C12H12F3NO2/c1-7(17)5-10(18)16-9-4-2-3-8(6-9)11(13)12(14)15/h2-4,6,11-12H,5H2,1H3,(H,16,18). The van der Waals surface area contributed by atoms with Crippen LogP contribution in [0.2, 0.25) is 0 Å². The first-order valence-corrected chi connectivity index (χ1v) is 5.21. The second-order valence-corrected chi connectivity index (χ2v) is 3.79. The molecule has 1 amide bonds. The maximum atomic E-state index is 13.1. The second kappa shape index (κ2) is 6.18. The lowest BCUT2D eigenvalue weighted by atomic mass is 10.1. The van der Waals surface area contributed by atoms with Crippen molar-refractivity contribution in [2.45, 2.75) is 25.9 Å². The van der Waals surface area contributed by atoms with Gasteiger partial charge in [0.2, 0.25) is 5.91 Å². The summed E-state index contributed by atoms with van der Waals surface area (Å²) in [5, 5.41) is 2.34. The molecule has 6 heteroatoms. The molecular formula is C12H12F3NO2. The van der Waals surface area contributed by atoms with Crippen LogP contribution < -0.4 is 5.32 Å². The molecule has 1 unspecified atom stereocenters. The Morgan fingerprint density at radius 1 is 1.28 bits per heavy atom. The Balaban J connectivity index is 2.76. The average Bonchev–Trinajstić information content (AvgIpc) is 2.26. The number of alkyl halides is 3. The van der Waals surface area contributed by atoms with Gasteiger partial charge in [-0.2, -0.15) is 0 Å². The number of rotatable bonds is 5. The van der Waals surface area contributed by atoms with Crippen molar-refractivity contribution in [3.8, 4) is 0 Å². The Kier molecular flexibility index (Phi) is 4.88. The molecule has 0 saturated heterocycles. The second-order valence-electron chi connectivity index (χ2n) is 3.79. The molecule has 0 fully saturated rings. The highest BCUT2D eigenvalue weighted by Crippen LogP contribution is 2.26. The van der Waals surface area contributed by atoms with Crippen LogP contribution in [0.5, 0.6) is 0 Å². The molecule has 0 bridgehead atoms. The van der Waals surface area contributed by atoms with Crippen LogP contribution in [0, 0.1) is 0 Å². The summed E-state index contributed by atoms with van der Waals surface area (Å²) in [6, 6.07) is 5.11. The van der Waals surface area contributed by atoms with Crippen LogP contribution in [0.3, 0.4) is 0 Å². The quantitative estimate of drug-likeness (QED) is 0.826. The van der Waals surface area contributed by atoms with Gasteiger partial charge in [0, 0.05) is 5.69 Å². The molecule has 0 aliphatic heterocycles. The zero-order valence-electron chi connectivity index (χ0n) is 9.62. The number of carbonyl (C=O) groups excluding carboxylic acids is 2. The molecule has 98 valence electrons. The fraction of sp³-hybridized carbons (Fsp3) is 0.333. The summed E-state index contributed by atoms with van der Waals surface area (Å²) in [6.45, 7) is 1.25. The van der Waals surface area contributed by atoms with Gasteiger partial charge in [0.15, 0.2) is 6.17 Å². The summed E-state index contributed by atoms with van der Waals surface area (Å²) in [7, 11) is 0. The number of nitrogens with one attached hydrogen (secondary N) is 1. The molecule has 1 aromatic rings. The van der Waals surface area contributed by atoms with Gasteiger partial charge < -0.3 is 5.32 Å². The van der Waals surface area contributed by atoms with E-state index in [1.165, 1.54) is 25.1 Å². The molecule has 1 atom stereocenters. The molecule has 0 heterocycles. The van der Waals surface area contributed by atoms with Gasteiger partial charge in [-0.3, -0.25) is 9.59 Å². The van der Waals surface area contributed by atoms with E-state index < -0.39 is 18.5 Å². The van der Waals surface area contributed by atoms with Gasteiger partial charge in [-0.05, 0) is 24.6 Å². The van der Waals surface area contributed by atoms with Crippen molar-refractivity contribution in [1.82, 2.24) is 0 Å². The van der Waals surface area contributed by atoms with Crippen molar-refractivity contribution < 1.29 is 22.8 Å². The number of hydrogen-bond acceptors (Lipinski definition) is 2. The summed E-state index contributed by atoms with van der Waals surface area (Å²) in [5.41, 5.74) is -0.0346. The molecule has 0 spiro atoms. The first-order chi connectivity index (χ1) is 8.40. The van der Waals surface area contributed by atoms with Crippen LogP contribution in [0.15, 0.2) is 24.3 Å². The molecule has 0 aromatic heterocycles. The van der Waals surface area contributed by atoms with Gasteiger partial charge in [-0.1, -0.05) is 12.1 Å². The highest BCUT2D eigenvalue weighted by Gasteiger charge is 2.21. The van der Waals surface area contributed by atoms with E-state index in [2.05, 4.69) is 5.32 Å². The van der Waals surface area contributed by atoms with Crippen molar-refractivity contribution in [2.75, 3.05) is 5.32 Å². The maximum absolute atomic E-state index is 13.1. The van der Waals surface area contributed by atoms with E-state index in [1.807, 2.05) is 0 Å². The van der Waals surface area contributed by atoms with Gasteiger partial charge in [-0.15, -0.1) is 0 Å². The Labute approximate surface area is 102 Å². The first-order valence-electron chi connectivity index (χ1n) is 5.21. The monoisotopic (exact) mass is 259 g/mol. The maximum Gasteiger partial charge on any atom is 0.273 e. The number of anilines is 1. The number of Topliss-reactive ketones (excluding diaryl/α,β-unsaturated/α-hetero) is 1. The smallest absolute Gasteiger partial charge is 0.273 e. The predicted molar refractivity (Wildman–Crippen MR) is 60.2 cm³/mol. The third kappa shape index (κ3) is 4.20. The molecule has 3 nitrogen and oxygen atoms in total. The number of halogens is 3. The Morgan fingerprint density at radius 2 is 1.94 bits per heavy atom. The van der Waals surface area contributed by atoms with Gasteiger partial charge in [0.05, 0.1) is 6.42 Å². The fourth-order valence-electron chi connectivity index (χ4n) is 1.36. The van der Waals surface area contributed by atoms with Crippen LogP contribution in [-0.2, 0) is 9.59 Å². The van der Waals surface area contributed by atoms with Crippen molar-refractivity contribution >= 4 is 17.4 Å². The van der Waals surface area contributed by atoms with E-state index in [1.54, 1.807) is 0 Å². The molecule has 1 rings (SSSR count). The molecule has 0 aliphatic carbocycles. The summed E-state index contributed by atoms with van der Waals surface area (Å²) in [6.07, 6.45) is -5.82. The van der Waals surface area contributed by atoms with E-state index >= 15 is 0 Å². The average molecular weight is 259 g/mol. The normalized spacial score (nSPS) is 12.3. The van der Waals surface area contributed by atoms with E-state index in [-0.39, 0.29) is 23.5 Å². The topological polar surface area (TPSA) is 46.2 Å². The zero-order chi connectivity index (χ0) is 13.7. The predicted octanol–water partition coefficient (Wildman–Crippen LogP) is 2.88. The van der Waals surface area contributed by atoms with E-state index in [9.17, 15) is 22.8 Å². The van der Waals surface area contributed by atoms with E-state index in [4.69, 9.17) is 0 Å². The van der Waals surface area contributed by atoms with Crippen LogP contribution >= 0.6 is 0 Å². The SMILES string of the molecule is CC(=O)CC(=O)Nc1cccc(C(F)C(F)F)c1. The first kappa shape index (κ1) is 14.2. The van der Waals surface area contributed by atoms with Crippen molar-refractivity contribution in [3.05, 3.63) is 29.8 Å². The van der Waals surface area contributed by atoms with Crippen LogP contribution in [0.25, 0.3) is 0 Å². The van der Waals surface area contributed by atoms with Crippen molar-refractivity contribution in [2.24, 2.45) is 0 Å². The molecule has 0 radical (unpaired) electrons. The largest absolute Gasteiger partial charge is 0.326 e. The fourth-order valence-corrected chi connectivity index (χ4v) is 1.36. The molecule has 0 saturated carbocycles. The Bertz CT molecular complexity index is 449. The number of amides is 1. The molecule has 0 aliphatic rings. The lowest BCUT2D eigenvalue weighted by molar-refractivity contribution is -0.124. The summed E-state index contributed by atoms with van der Waals surface area (Å²) in [5.74, 6) is -0.883. The third-order valence-corrected chi connectivity index (χ3v) is 2.12. The minimum absolute atomic E-state index is 0.182. The van der Waals surface area contributed by atoms with E-state index in [0.29, 0.717) is 0 Å². The van der Waals surface area contributed by atoms with E-state index in [0.717, 1.165) is 6.07 Å². The number of benzene rings is 1. The Morgan fingerprint density at radius 3 is 2.50 bits per heavy atom. The van der Waals surface area contributed by atoms with Crippen LogP contribution in [0.4, 0.5) is 18.9 Å². The van der Waals surface area contributed by atoms with Gasteiger partial charge in [-0.25, -0.2) is 13.2 Å². The minimum atomic E-state index is -3.12. The highest BCUT2D eigenvalue weighted by molar-refractivity contribution is 6.03. The van der Waals surface area contributed by atoms with Crippen LogP contribution in [0.1, 0.15) is 25.1 Å². The molecule has 18 heavy (non-hydrogen) atoms. The van der Waals surface area contributed by atoms with Crippen molar-refractivity contribution in [1.29, 1.82) is 0 Å². The minimum Gasteiger partial charge on any atom is -0.326 e. The number of carbonyl (C=O) groups is 2. The van der Waals surface area contributed by atoms with Gasteiger partial charge in [0.25, 0.3) is 6.43 Å². The number of hydrogen-bond donors (Lipinski definition) is 1. The Hall–Kier alpha value is -1.85. The third-order valence-electron chi connectivity index (χ3n) is 2.12. The molecular weight excluding hydrogens is 247 g/mol. The zero-order valence-corrected chi connectivity index (χ0v) is 9.62. The van der Waals surface area contributed by atoms with Crippen molar-refractivity contribution in [3.63, 3.8) is 0 Å². The summed E-state index contributed by atoms with van der Waals surface area (Å²) >= 11 is 0. The van der Waals surface area contributed by atoms with Gasteiger partial charge in [0.1, 0.15) is 5.78 Å². The number of ketones is 1. The summed E-state index contributed by atoms with van der Waals surface area (Å²) < 4.78 is 37.4. The van der Waals surface area contributed by atoms with Gasteiger partial charge >= 0.3 is 0 Å². The highest BCUT2D eigenvalue weighted by atomic mass is 19.3. The molecule has 1 aromatic carbocycles. The lowest BCUT2D eigenvalue weighted by Crippen LogP contribution is -2.15. The lowest BCUT2D eigenvalue weighted by Gasteiger charge is -2.09. The van der Waals surface area contributed by atoms with Crippen LogP contribution in [-0.4, -0.2) is 18.1 Å². The summed E-state index contributed by atoms with van der Waals surface area (Å²) in [4.78, 5) is 22.0.